The first-order chi connectivity index (χ1) is 5.19. The summed E-state index contributed by atoms with van der Waals surface area (Å²) in [5, 5.41) is 1.72. The molecule has 58 valence electrons. The van der Waals surface area contributed by atoms with Crippen LogP contribution in [0.4, 0.5) is 0 Å². The molecule has 2 atom stereocenters. The molecule has 1 rings (SSSR count). The lowest BCUT2D eigenvalue weighted by atomic mass is 10.2. The van der Waals surface area contributed by atoms with E-state index in [4.69, 9.17) is 23.2 Å². The molecule has 0 aromatic carbocycles. The van der Waals surface area contributed by atoms with E-state index < -0.39 is 10.4 Å². The van der Waals surface area contributed by atoms with Gasteiger partial charge < -0.3 is 0 Å². The zero-order chi connectivity index (χ0) is 8.32. The minimum Gasteiger partial charge on any atom is -0.268 e. The van der Waals surface area contributed by atoms with Gasteiger partial charge >= 0.3 is 0 Å². The molecule has 0 aromatic rings. The van der Waals surface area contributed by atoms with Crippen LogP contribution in [-0.4, -0.2) is 21.8 Å². The lowest BCUT2D eigenvalue weighted by Gasteiger charge is -2.21. The predicted octanol–water partition coefficient (Wildman–Crippen LogP) is 2.23. The van der Waals surface area contributed by atoms with Gasteiger partial charge in [-0.2, -0.15) is 0 Å². The van der Waals surface area contributed by atoms with Crippen LogP contribution in [0.2, 0.25) is 0 Å². The van der Waals surface area contributed by atoms with Crippen LogP contribution in [-0.2, 0) is 0 Å². The van der Waals surface area contributed by atoms with Gasteiger partial charge in [0, 0.05) is 12.4 Å². The molecule has 0 amide bonds. The third kappa shape index (κ3) is 1.88. The second kappa shape index (κ2) is 3.46. The van der Waals surface area contributed by atoms with Crippen LogP contribution in [0.25, 0.3) is 0 Å². The van der Waals surface area contributed by atoms with Gasteiger partial charge in [-0.05, 0) is 18.3 Å². The van der Waals surface area contributed by atoms with Gasteiger partial charge in [-0.25, -0.2) is 4.99 Å². The molecule has 1 aliphatic heterocycles. The number of hydrogen-bond acceptors (Lipinski definition) is 3. The van der Waals surface area contributed by atoms with Crippen molar-refractivity contribution in [3.05, 3.63) is 12.3 Å². The van der Waals surface area contributed by atoms with Gasteiger partial charge in [-0.3, -0.25) is 4.99 Å². The lowest BCUT2D eigenvalue weighted by molar-refractivity contribution is 0.785. The summed E-state index contributed by atoms with van der Waals surface area (Å²) >= 11 is 16.1. The molecule has 0 aromatic heterocycles. The van der Waals surface area contributed by atoms with Crippen molar-refractivity contribution in [1.82, 2.24) is 0 Å². The standard InChI is InChI=1S/C6H4Cl2N2S/c7-5-3-9-2-1-6(5,8)10-4-11/h1-3,5H. The summed E-state index contributed by atoms with van der Waals surface area (Å²) in [6.45, 7) is 0. The smallest absolute Gasteiger partial charge is 0.185 e. The summed E-state index contributed by atoms with van der Waals surface area (Å²) < 4.78 is 0. The summed E-state index contributed by atoms with van der Waals surface area (Å²) in [6, 6.07) is 0. The third-order valence-electron chi connectivity index (χ3n) is 1.22. The van der Waals surface area contributed by atoms with Gasteiger partial charge in [0.25, 0.3) is 0 Å². The van der Waals surface area contributed by atoms with Crippen LogP contribution in [0.3, 0.4) is 0 Å². The van der Waals surface area contributed by atoms with Crippen molar-refractivity contribution in [2.75, 3.05) is 0 Å². The van der Waals surface area contributed by atoms with E-state index in [1.807, 2.05) is 0 Å². The second-order valence-electron chi connectivity index (χ2n) is 1.95. The van der Waals surface area contributed by atoms with E-state index in [0.29, 0.717) is 0 Å². The molecule has 0 radical (unpaired) electrons. The molecule has 0 N–H and O–H groups in total. The van der Waals surface area contributed by atoms with Crippen LogP contribution < -0.4 is 0 Å². The number of hydrogen-bond donors (Lipinski definition) is 0. The number of alkyl halides is 2. The molecule has 5 heteroatoms. The molecule has 0 spiro atoms. The Labute approximate surface area is 79.6 Å². The molecular formula is C6H4Cl2N2S. The zero-order valence-electron chi connectivity index (χ0n) is 5.37. The Bertz CT molecular complexity index is 257. The molecule has 11 heavy (non-hydrogen) atoms. The van der Waals surface area contributed by atoms with E-state index in [2.05, 4.69) is 27.4 Å². The quantitative estimate of drug-likeness (QED) is 0.280. The Morgan fingerprint density at radius 2 is 2.45 bits per heavy atom. The number of rotatable bonds is 1. The summed E-state index contributed by atoms with van der Waals surface area (Å²) in [5.41, 5.74) is 0. The fourth-order valence-electron chi connectivity index (χ4n) is 0.638. The highest BCUT2D eigenvalue weighted by molar-refractivity contribution is 7.78. The second-order valence-corrected chi connectivity index (χ2v) is 3.20. The summed E-state index contributed by atoms with van der Waals surface area (Å²) in [7, 11) is 0. The fourth-order valence-corrected chi connectivity index (χ4v) is 1.18. The summed E-state index contributed by atoms with van der Waals surface area (Å²) in [5.74, 6) is 0. The third-order valence-corrected chi connectivity index (χ3v) is 2.31. The Balaban J connectivity index is 2.94. The number of halogens is 2. The molecule has 1 aliphatic rings. The molecule has 0 saturated carbocycles. The van der Waals surface area contributed by atoms with E-state index in [1.165, 1.54) is 12.4 Å². The minimum absolute atomic E-state index is 0.468. The van der Waals surface area contributed by atoms with Gasteiger partial charge in [0.1, 0.15) is 5.38 Å². The highest BCUT2D eigenvalue weighted by atomic mass is 35.5. The fraction of sp³-hybridized carbons (Fsp3) is 0.333. The summed E-state index contributed by atoms with van der Waals surface area (Å²) in [4.78, 5) is 6.51. The average Bonchev–Trinajstić information content (AvgIpc) is 1.96. The average molecular weight is 207 g/mol. The summed E-state index contributed by atoms with van der Waals surface area (Å²) in [6.07, 6.45) is 4.61. The number of nitrogens with zero attached hydrogens (tertiary/aromatic N) is 2. The first-order valence-corrected chi connectivity index (χ1v) is 4.04. The molecule has 1 heterocycles. The first kappa shape index (κ1) is 8.88. The van der Waals surface area contributed by atoms with Crippen LogP contribution in [0.15, 0.2) is 22.3 Å². The predicted molar refractivity (Wildman–Crippen MR) is 50.9 cm³/mol. The minimum atomic E-state index is -0.995. The Hall–Kier alpha value is -0.210. The van der Waals surface area contributed by atoms with E-state index in [9.17, 15) is 0 Å². The Kier molecular flexibility index (Phi) is 2.79. The zero-order valence-corrected chi connectivity index (χ0v) is 7.70. The maximum absolute atomic E-state index is 5.92. The van der Waals surface area contributed by atoms with Crippen LogP contribution in [0.5, 0.6) is 0 Å². The van der Waals surface area contributed by atoms with Gasteiger partial charge in [-0.1, -0.05) is 11.6 Å². The normalized spacial score (nSPS) is 34.9. The van der Waals surface area contributed by atoms with Gasteiger partial charge in [0.2, 0.25) is 0 Å². The largest absolute Gasteiger partial charge is 0.268 e. The SMILES string of the molecule is S=C=NC1(Cl)C=CN=CC1Cl. The van der Waals surface area contributed by atoms with Crippen molar-refractivity contribution < 1.29 is 0 Å². The van der Waals surface area contributed by atoms with E-state index >= 15 is 0 Å². The maximum Gasteiger partial charge on any atom is 0.185 e. The van der Waals surface area contributed by atoms with Crippen molar-refractivity contribution in [2.24, 2.45) is 9.98 Å². The van der Waals surface area contributed by atoms with Gasteiger partial charge in [-0.15, -0.1) is 11.6 Å². The molecule has 0 saturated heterocycles. The first-order valence-electron chi connectivity index (χ1n) is 2.82. The van der Waals surface area contributed by atoms with Crippen LogP contribution >= 0.6 is 35.4 Å². The van der Waals surface area contributed by atoms with Crippen molar-refractivity contribution in [3.8, 4) is 0 Å². The van der Waals surface area contributed by atoms with Crippen LogP contribution in [0.1, 0.15) is 0 Å². The molecule has 0 aliphatic carbocycles. The molecule has 2 nitrogen and oxygen atoms in total. The monoisotopic (exact) mass is 206 g/mol. The Morgan fingerprint density at radius 1 is 1.73 bits per heavy atom. The van der Waals surface area contributed by atoms with E-state index in [1.54, 1.807) is 6.08 Å². The topological polar surface area (TPSA) is 24.7 Å². The number of aliphatic imine (C=N–C) groups is 2. The van der Waals surface area contributed by atoms with Crippen LogP contribution in [0, 0.1) is 0 Å². The van der Waals surface area contributed by atoms with E-state index in [0.717, 1.165) is 0 Å². The van der Waals surface area contributed by atoms with Crippen molar-refractivity contribution in [1.29, 1.82) is 0 Å². The number of isothiocyanates is 1. The number of thiocarbonyl (C=S) groups is 1. The molecule has 0 bridgehead atoms. The maximum atomic E-state index is 5.92. The van der Waals surface area contributed by atoms with Crippen molar-refractivity contribution >= 4 is 46.8 Å². The van der Waals surface area contributed by atoms with Gasteiger partial charge in [0.15, 0.2) is 5.00 Å². The lowest BCUT2D eigenvalue weighted by Crippen LogP contribution is -2.31. The van der Waals surface area contributed by atoms with E-state index in [-0.39, 0.29) is 0 Å². The highest BCUT2D eigenvalue weighted by Gasteiger charge is 2.32. The van der Waals surface area contributed by atoms with Gasteiger partial charge in [0.05, 0.1) is 5.16 Å². The molecule has 2 unspecified atom stereocenters. The van der Waals surface area contributed by atoms with Crippen molar-refractivity contribution in [3.63, 3.8) is 0 Å². The highest BCUT2D eigenvalue weighted by Crippen LogP contribution is 2.28. The molecular weight excluding hydrogens is 203 g/mol. The molecule has 0 fully saturated rings. The van der Waals surface area contributed by atoms with Crippen molar-refractivity contribution in [2.45, 2.75) is 10.4 Å². The Morgan fingerprint density at radius 3 is 3.00 bits per heavy atom.